The van der Waals surface area contributed by atoms with Crippen molar-refractivity contribution in [2.75, 3.05) is 41.3 Å². The molecule has 0 aromatic heterocycles. The van der Waals surface area contributed by atoms with Crippen molar-refractivity contribution < 1.29 is 0 Å². The van der Waals surface area contributed by atoms with Gasteiger partial charge in [0.05, 0.1) is 6.54 Å². The van der Waals surface area contributed by atoms with E-state index in [-0.39, 0.29) is 24.0 Å². The Kier molecular flexibility index (Phi) is 8.91. The van der Waals surface area contributed by atoms with Crippen molar-refractivity contribution in [2.45, 2.75) is 32.4 Å². The minimum absolute atomic E-state index is 0. The number of likely N-dealkylation sites (tertiary alicyclic amines) is 1. The molecule has 1 aliphatic rings. The fourth-order valence-corrected chi connectivity index (χ4v) is 3.06. The van der Waals surface area contributed by atoms with Crippen molar-refractivity contribution in [2.24, 2.45) is 4.99 Å². The minimum atomic E-state index is 0. The number of hydrogen-bond donors (Lipinski definition) is 0. The zero-order chi connectivity index (χ0) is 15.9. The van der Waals surface area contributed by atoms with E-state index in [1.165, 1.54) is 43.5 Å². The Hall–Kier alpha value is -0.820. The molecule has 0 aliphatic carbocycles. The van der Waals surface area contributed by atoms with Gasteiger partial charge in [-0.3, -0.25) is 4.90 Å². The molecule has 130 valence electrons. The largest absolute Gasteiger partial charge is 0.349 e. The molecule has 0 atom stereocenters. The lowest BCUT2D eigenvalue weighted by Gasteiger charge is -2.27. The molecular weight excluding hydrogens is 399 g/mol. The Bertz CT molecular complexity index is 484. The van der Waals surface area contributed by atoms with Crippen LogP contribution in [0.2, 0.25) is 0 Å². The molecule has 0 bridgehead atoms. The quantitative estimate of drug-likeness (QED) is 0.416. The van der Waals surface area contributed by atoms with Gasteiger partial charge < -0.3 is 9.80 Å². The van der Waals surface area contributed by atoms with Crippen LogP contribution in [0.15, 0.2) is 29.3 Å². The zero-order valence-corrected chi connectivity index (χ0v) is 17.3. The molecule has 1 aliphatic heterocycles. The minimum Gasteiger partial charge on any atom is -0.349 e. The van der Waals surface area contributed by atoms with Crippen LogP contribution in [0.3, 0.4) is 0 Å². The summed E-state index contributed by atoms with van der Waals surface area (Å²) in [5, 5.41) is 0. The summed E-state index contributed by atoms with van der Waals surface area (Å²) in [6, 6.07) is 8.73. The molecule has 0 saturated carbocycles. The van der Waals surface area contributed by atoms with Crippen LogP contribution in [0.1, 0.15) is 30.4 Å². The van der Waals surface area contributed by atoms with Crippen LogP contribution < -0.4 is 0 Å². The van der Waals surface area contributed by atoms with E-state index in [4.69, 9.17) is 4.99 Å². The lowest BCUT2D eigenvalue weighted by atomic mass is 10.1. The van der Waals surface area contributed by atoms with Crippen LogP contribution in [-0.2, 0) is 13.1 Å². The van der Waals surface area contributed by atoms with Gasteiger partial charge in [0.25, 0.3) is 0 Å². The molecule has 1 fully saturated rings. The molecule has 1 aromatic carbocycles. The average molecular weight is 430 g/mol. The van der Waals surface area contributed by atoms with Gasteiger partial charge in [-0.15, -0.1) is 24.0 Å². The molecule has 0 unspecified atom stereocenters. The van der Waals surface area contributed by atoms with Gasteiger partial charge in [0.15, 0.2) is 5.96 Å². The third-order valence-corrected chi connectivity index (χ3v) is 4.15. The van der Waals surface area contributed by atoms with E-state index < -0.39 is 0 Å². The summed E-state index contributed by atoms with van der Waals surface area (Å²) in [6.07, 6.45) is 4.06. The molecule has 0 radical (unpaired) electrons. The topological polar surface area (TPSA) is 22.1 Å². The van der Waals surface area contributed by atoms with Gasteiger partial charge in [0.2, 0.25) is 0 Å². The second-order valence-electron chi connectivity index (χ2n) is 6.51. The average Bonchev–Trinajstić information content (AvgIpc) is 2.49. The first kappa shape index (κ1) is 20.2. The van der Waals surface area contributed by atoms with Gasteiger partial charge in [-0.05, 0) is 37.1 Å². The summed E-state index contributed by atoms with van der Waals surface area (Å²) in [5.74, 6) is 1.01. The SMILES string of the molecule is CN(C)C(=NCc1ccccc1CN1CCCCC1)N(C)C.I. The van der Waals surface area contributed by atoms with Crippen LogP contribution in [0.5, 0.6) is 0 Å². The van der Waals surface area contributed by atoms with E-state index in [1.54, 1.807) is 0 Å². The monoisotopic (exact) mass is 430 g/mol. The smallest absolute Gasteiger partial charge is 0.195 e. The molecule has 23 heavy (non-hydrogen) atoms. The first-order valence-corrected chi connectivity index (χ1v) is 8.26. The number of halogens is 1. The summed E-state index contributed by atoms with van der Waals surface area (Å²) in [4.78, 5) is 11.5. The van der Waals surface area contributed by atoms with Crippen molar-refractivity contribution in [3.63, 3.8) is 0 Å². The molecule has 5 heteroatoms. The number of benzene rings is 1. The highest BCUT2D eigenvalue weighted by molar-refractivity contribution is 14.0. The second kappa shape index (κ2) is 10.1. The molecular formula is C18H31IN4. The van der Waals surface area contributed by atoms with Crippen molar-refractivity contribution in [1.29, 1.82) is 0 Å². The molecule has 4 nitrogen and oxygen atoms in total. The van der Waals surface area contributed by atoms with Crippen LogP contribution in [0.25, 0.3) is 0 Å². The summed E-state index contributed by atoms with van der Waals surface area (Å²) in [7, 11) is 8.16. The highest BCUT2D eigenvalue weighted by Crippen LogP contribution is 2.17. The number of piperidine rings is 1. The molecule has 0 N–H and O–H groups in total. The van der Waals surface area contributed by atoms with Gasteiger partial charge in [-0.2, -0.15) is 0 Å². The Balaban J connectivity index is 0.00000264. The second-order valence-corrected chi connectivity index (χ2v) is 6.51. The van der Waals surface area contributed by atoms with Gasteiger partial charge >= 0.3 is 0 Å². The molecule has 0 spiro atoms. The lowest BCUT2D eigenvalue weighted by molar-refractivity contribution is 0.220. The van der Waals surface area contributed by atoms with Crippen LogP contribution in [0, 0.1) is 0 Å². The number of aliphatic imine (C=N–C) groups is 1. The number of hydrogen-bond acceptors (Lipinski definition) is 2. The summed E-state index contributed by atoms with van der Waals surface area (Å²) >= 11 is 0. The Morgan fingerprint density at radius 2 is 1.52 bits per heavy atom. The molecule has 1 saturated heterocycles. The molecule has 2 rings (SSSR count). The molecule has 1 heterocycles. The van der Waals surface area contributed by atoms with E-state index in [9.17, 15) is 0 Å². The predicted molar refractivity (Wildman–Crippen MR) is 109 cm³/mol. The van der Waals surface area contributed by atoms with E-state index in [0.717, 1.165) is 19.0 Å². The van der Waals surface area contributed by atoms with Crippen molar-refractivity contribution >= 4 is 29.9 Å². The maximum Gasteiger partial charge on any atom is 0.195 e. The maximum absolute atomic E-state index is 4.80. The van der Waals surface area contributed by atoms with E-state index in [2.05, 4.69) is 39.0 Å². The Morgan fingerprint density at radius 1 is 0.957 bits per heavy atom. The van der Waals surface area contributed by atoms with E-state index >= 15 is 0 Å². The summed E-state index contributed by atoms with van der Waals surface area (Å²) < 4.78 is 0. The highest BCUT2D eigenvalue weighted by Gasteiger charge is 2.12. The normalized spacial score (nSPS) is 14.8. The van der Waals surface area contributed by atoms with Gasteiger partial charge in [0.1, 0.15) is 0 Å². The van der Waals surface area contributed by atoms with E-state index in [0.29, 0.717) is 0 Å². The standard InChI is InChI=1S/C18H30N4.HI/c1-20(2)18(21(3)4)19-14-16-10-6-7-11-17(16)15-22-12-8-5-9-13-22;/h6-7,10-11H,5,8-9,12-15H2,1-4H3;1H. The third-order valence-electron chi connectivity index (χ3n) is 4.15. The van der Waals surface area contributed by atoms with Crippen LogP contribution in [0.4, 0.5) is 0 Å². The van der Waals surface area contributed by atoms with Gasteiger partial charge in [-0.1, -0.05) is 30.7 Å². The fraction of sp³-hybridized carbons (Fsp3) is 0.611. The third kappa shape index (κ3) is 6.30. The number of guanidine groups is 1. The first-order chi connectivity index (χ1) is 10.6. The molecule has 0 amide bonds. The summed E-state index contributed by atoms with van der Waals surface area (Å²) in [5.41, 5.74) is 2.76. The predicted octanol–water partition coefficient (Wildman–Crippen LogP) is 3.27. The maximum atomic E-state index is 4.80. The van der Waals surface area contributed by atoms with Gasteiger partial charge in [-0.25, -0.2) is 4.99 Å². The zero-order valence-electron chi connectivity index (χ0n) is 15.0. The van der Waals surface area contributed by atoms with Crippen molar-refractivity contribution in [3.8, 4) is 0 Å². The van der Waals surface area contributed by atoms with Gasteiger partial charge in [0, 0.05) is 34.7 Å². The Morgan fingerprint density at radius 3 is 2.09 bits per heavy atom. The van der Waals surface area contributed by atoms with Crippen molar-refractivity contribution in [1.82, 2.24) is 14.7 Å². The lowest BCUT2D eigenvalue weighted by Crippen LogP contribution is -2.35. The van der Waals surface area contributed by atoms with E-state index in [1.807, 2.05) is 28.2 Å². The van der Waals surface area contributed by atoms with Crippen LogP contribution >= 0.6 is 24.0 Å². The number of nitrogens with zero attached hydrogens (tertiary/aromatic N) is 4. The van der Waals surface area contributed by atoms with Crippen LogP contribution in [-0.4, -0.2) is 61.9 Å². The number of rotatable bonds is 4. The fourth-order valence-electron chi connectivity index (χ4n) is 3.06. The summed E-state index contributed by atoms with van der Waals surface area (Å²) in [6.45, 7) is 4.27. The highest BCUT2D eigenvalue weighted by atomic mass is 127. The van der Waals surface area contributed by atoms with Crippen molar-refractivity contribution in [3.05, 3.63) is 35.4 Å². The first-order valence-electron chi connectivity index (χ1n) is 8.26. The molecule has 1 aromatic rings. The Labute approximate surface area is 158 Å².